The number of halogens is 2. The van der Waals surface area contributed by atoms with E-state index < -0.39 is 0 Å². The molecule has 0 spiro atoms. The van der Waals surface area contributed by atoms with Crippen LogP contribution in [-0.4, -0.2) is 13.1 Å². The van der Waals surface area contributed by atoms with Crippen molar-refractivity contribution in [2.75, 3.05) is 18.0 Å². The van der Waals surface area contributed by atoms with Gasteiger partial charge in [-0.15, -0.1) is 0 Å². The molecular weight excluding hydrogens is 331 g/mol. The molecule has 112 valence electrons. The molecule has 0 bridgehead atoms. The summed E-state index contributed by atoms with van der Waals surface area (Å²) < 4.78 is 14.5. The normalized spacial score (nSPS) is 12.2. The Hall–Kier alpha value is -1.39. The lowest BCUT2D eigenvalue weighted by molar-refractivity contribution is 0.616. The van der Waals surface area contributed by atoms with Gasteiger partial charge < -0.3 is 10.6 Å². The zero-order valence-electron chi connectivity index (χ0n) is 12.3. The van der Waals surface area contributed by atoms with Crippen molar-refractivity contribution in [1.29, 1.82) is 0 Å². The van der Waals surface area contributed by atoms with Crippen LogP contribution in [0.4, 0.5) is 10.1 Å². The zero-order chi connectivity index (χ0) is 15.4. The van der Waals surface area contributed by atoms with Crippen molar-refractivity contribution in [3.8, 4) is 0 Å². The molecule has 0 aliphatic rings. The van der Waals surface area contributed by atoms with Crippen molar-refractivity contribution in [2.45, 2.75) is 19.9 Å². The zero-order valence-corrected chi connectivity index (χ0v) is 13.9. The fraction of sp³-hybridized carbons (Fsp3) is 0.294. The second-order valence-electron chi connectivity index (χ2n) is 5.03. The summed E-state index contributed by atoms with van der Waals surface area (Å²) in [5, 5.41) is 0. The predicted octanol–water partition coefficient (Wildman–Crippen LogP) is 4.42. The number of hydrogen-bond acceptors (Lipinski definition) is 2. The first-order valence-corrected chi connectivity index (χ1v) is 7.84. The molecule has 2 aromatic rings. The molecule has 2 aromatic carbocycles. The first-order valence-electron chi connectivity index (χ1n) is 7.05. The molecule has 0 radical (unpaired) electrons. The Bertz CT molecular complexity index is 615. The highest BCUT2D eigenvalue weighted by molar-refractivity contribution is 9.10. The van der Waals surface area contributed by atoms with E-state index in [2.05, 4.69) is 52.9 Å². The number of likely N-dealkylation sites (N-methyl/N-ethyl adjacent to an activating group) is 1. The molecule has 0 amide bonds. The number of hydrogen-bond donors (Lipinski definition) is 1. The van der Waals surface area contributed by atoms with Crippen LogP contribution >= 0.6 is 15.9 Å². The van der Waals surface area contributed by atoms with Gasteiger partial charge in [-0.1, -0.05) is 34.1 Å². The van der Waals surface area contributed by atoms with Gasteiger partial charge in [-0.2, -0.15) is 0 Å². The molecule has 2 N–H and O–H groups in total. The first-order chi connectivity index (χ1) is 10.1. The maximum Gasteiger partial charge on any atom is 0.125 e. The number of anilines is 1. The summed E-state index contributed by atoms with van der Waals surface area (Å²) in [6, 6.07) is 12.9. The number of benzene rings is 2. The summed E-state index contributed by atoms with van der Waals surface area (Å²) in [5.41, 5.74) is 9.16. The summed E-state index contributed by atoms with van der Waals surface area (Å²) >= 11 is 3.56. The number of nitrogens with zero attached hydrogens (tertiary/aromatic N) is 1. The van der Waals surface area contributed by atoms with Crippen molar-refractivity contribution in [2.24, 2.45) is 5.73 Å². The quantitative estimate of drug-likeness (QED) is 0.864. The molecule has 0 aliphatic carbocycles. The summed E-state index contributed by atoms with van der Waals surface area (Å²) in [5.74, 6) is -0.230. The van der Waals surface area contributed by atoms with Crippen LogP contribution in [0.2, 0.25) is 0 Å². The Kier molecular flexibility index (Phi) is 5.37. The van der Waals surface area contributed by atoms with E-state index in [-0.39, 0.29) is 11.9 Å². The van der Waals surface area contributed by atoms with Gasteiger partial charge in [0.05, 0.1) is 6.04 Å². The minimum absolute atomic E-state index is 0.0219. The maximum absolute atomic E-state index is 13.5. The summed E-state index contributed by atoms with van der Waals surface area (Å²) in [7, 11) is 0. The topological polar surface area (TPSA) is 29.3 Å². The smallest absolute Gasteiger partial charge is 0.125 e. The molecule has 21 heavy (non-hydrogen) atoms. The van der Waals surface area contributed by atoms with E-state index in [0.717, 1.165) is 22.3 Å². The molecule has 2 rings (SSSR count). The van der Waals surface area contributed by atoms with E-state index in [0.29, 0.717) is 6.54 Å². The van der Waals surface area contributed by atoms with Gasteiger partial charge in [0.1, 0.15) is 5.82 Å². The van der Waals surface area contributed by atoms with Crippen molar-refractivity contribution < 1.29 is 4.39 Å². The lowest BCUT2D eigenvalue weighted by Gasteiger charge is -2.32. The van der Waals surface area contributed by atoms with Crippen LogP contribution in [0.3, 0.4) is 0 Å². The van der Waals surface area contributed by atoms with Gasteiger partial charge >= 0.3 is 0 Å². The maximum atomic E-state index is 13.5. The third-order valence-corrected chi connectivity index (χ3v) is 4.52. The Labute approximate surface area is 133 Å². The largest absolute Gasteiger partial charge is 0.363 e. The molecule has 0 aromatic heterocycles. The van der Waals surface area contributed by atoms with Gasteiger partial charge in [0.15, 0.2) is 0 Å². The number of aryl methyl sites for hydroxylation is 1. The SMILES string of the molecule is CCN(c1cccc(F)c1)C(CN)c1ccc(C)c(Br)c1. The summed E-state index contributed by atoms with van der Waals surface area (Å²) in [6.45, 7) is 5.34. The van der Waals surface area contributed by atoms with Gasteiger partial charge in [-0.3, -0.25) is 0 Å². The molecule has 0 fully saturated rings. The van der Waals surface area contributed by atoms with Crippen LogP contribution in [0, 0.1) is 12.7 Å². The minimum Gasteiger partial charge on any atom is -0.363 e. The molecule has 4 heteroatoms. The van der Waals surface area contributed by atoms with Crippen LogP contribution in [-0.2, 0) is 0 Å². The third-order valence-electron chi connectivity index (χ3n) is 3.66. The van der Waals surface area contributed by atoms with E-state index in [1.54, 1.807) is 12.1 Å². The highest BCUT2D eigenvalue weighted by Crippen LogP contribution is 2.29. The van der Waals surface area contributed by atoms with E-state index in [1.807, 2.05) is 6.07 Å². The Morgan fingerprint density at radius 3 is 2.57 bits per heavy atom. The molecule has 0 saturated carbocycles. The monoisotopic (exact) mass is 350 g/mol. The average Bonchev–Trinajstić information content (AvgIpc) is 2.47. The minimum atomic E-state index is -0.230. The van der Waals surface area contributed by atoms with Crippen molar-refractivity contribution in [1.82, 2.24) is 0 Å². The lowest BCUT2D eigenvalue weighted by atomic mass is 10.0. The second kappa shape index (κ2) is 7.05. The van der Waals surface area contributed by atoms with Crippen molar-refractivity contribution in [3.63, 3.8) is 0 Å². The third kappa shape index (κ3) is 3.63. The van der Waals surface area contributed by atoms with E-state index in [4.69, 9.17) is 5.73 Å². The standard InChI is InChI=1S/C17H20BrFN2/c1-3-21(15-6-4-5-14(19)10-15)17(11-20)13-8-7-12(2)16(18)9-13/h4-10,17H,3,11,20H2,1-2H3. The van der Waals surface area contributed by atoms with E-state index >= 15 is 0 Å². The molecule has 1 atom stereocenters. The Balaban J connectivity index is 2.39. The van der Waals surface area contributed by atoms with Crippen LogP contribution in [0.1, 0.15) is 24.1 Å². The fourth-order valence-electron chi connectivity index (χ4n) is 2.50. The van der Waals surface area contributed by atoms with E-state index in [1.165, 1.54) is 11.6 Å². The Morgan fingerprint density at radius 1 is 1.24 bits per heavy atom. The molecule has 0 saturated heterocycles. The fourth-order valence-corrected chi connectivity index (χ4v) is 2.89. The summed E-state index contributed by atoms with van der Waals surface area (Å²) in [4.78, 5) is 2.13. The summed E-state index contributed by atoms with van der Waals surface area (Å²) in [6.07, 6.45) is 0. The number of rotatable bonds is 5. The van der Waals surface area contributed by atoms with Gasteiger partial charge in [-0.05, 0) is 49.2 Å². The van der Waals surface area contributed by atoms with Crippen LogP contribution < -0.4 is 10.6 Å². The molecule has 0 heterocycles. The van der Waals surface area contributed by atoms with Gasteiger partial charge in [-0.25, -0.2) is 4.39 Å². The molecule has 2 nitrogen and oxygen atoms in total. The molecular formula is C17H20BrFN2. The van der Waals surface area contributed by atoms with Crippen LogP contribution in [0.15, 0.2) is 46.9 Å². The van der Waals surface area contributed by atoms with Crippen molar-refractivity contribution >= 4 is 21.6 Å². The van der Waals surface area contributed by atoms with E-state index in [9.17, 15) is 4.39 Å². The molecule has 1 unspecified atom stereocenters. The van der Waals surface area contributed by atoms with Crippen molar-refractivity contribution in [3.05, 3.63) is 63.9 Å². The van der Waals surface area contributed by atoms with Crippen LogP contribution in [0.25, 0.3) is 0 Å². The molecule has 0 aliphatic heterocycles. The second-order valence-corrected chi connectivity index (χ2v) is 5.88. The Morgan fingerprint density at radius 2 is 2.00 bits per heavy atom. The predicted molar refractivity (Wildman–Crippen MR) is 90.1 cm³/mol. The van der Waals surface area contributed by atoms with Gasteiger partial charge in [0.2, 0.25) is 0 Å². The highest BCUT2D eigenvalue weighted by Gasteiger charge is 2.19. The van der Waals surface area contributed by atoms with Gasteiger partial charge in [0, 0.05) is 23.2 Å². The van der Waals surface area contributed by atoms with Crippen LogP contribution in [0.5, 0.6) is 0 Å². The average molecular weight is 351 g/mol. The van der Waals surface area contributed by atoms with Gasteiger partial charge in [0.25, 0.3) is 0 Å². The first kappa shape index (κ1) is 16.0. The lowest BCUT2D eigenvalue weighted by Crippen LogP contribution is -2.33. The highest BCUT2D eigenvalue weighted by atomic mass is 79.9. The number of nitrogens with two attached hydrogens (primary N) is 1.